The summed E-state index contributed by atoms with van der Waals surface area (Å²) in [6.07, 6.45) is 0.531. The van der Waals surface area contributed by atoms with Crippen molar-refractivity contribution in [3.05, 3.63) is 108 Å². The molecule has 0 radical (unpaired) electrons. The second-order valence-electron chi connectivity index (χ2n) is 17.9. The Hall–Kier alpha value is -6.59. The van der Waals surface area contributed by atoms with Crippen molar-refractivity contribution in [2.24, 2.45) is 23.5 Å². The molecule has 0 saturated heterocycles. The number of hydrogen-bond acceptors (Lipinski definition) is 9. The van der Waals surface area contributed by atoms with E-state index in [1.165, 1.54) is 0 Å². The highest BCUT2D eigenvalue weighted by Gasteiger charge is 2.34. The Kier molecular flexibility index (Phi) is 19.9. The van der Waals surface area contributed by atoms with E-state index in [4.69, 9.17) is 5.73 Å². The van der Waals surface area contributed by atoms with E-state index in [-0.39, 0.29) is 43.9 Å². The van der Waals surface area contributed by atoms with Crippen molar-refractivity contribution in [3.8, 4) is 0 Å². The number of aliphatic carboxylic acids is 1. The molecule has 0 aliphatic carbocycles. The molecule has 0 saturated carbocycles. The Bertz CT molecular complexity index is 2250. The lowest BCUT2D eigenvalue weighted by Gasteiger charge is -2.28. The van der Waals surface area contributed by atoms with Crippen molar-refractivity contribution < 1.29 is 43.8 Å². The van der Waals surface area contributed by atoms with E-state index >= 15 is 0 Å². The van der Waals surface area contributed by atoms with Crippen molar-refractivity contribution in [3.63, 3.8) is 0 Å². The van der Waals surface area contributed by atoms with Gasteiger partial charge in [-0.05, 0) is 59.8 Å². The fourth-order valence-corrected chi connectivity index (χ4v) is 7.43. The normalized spacial score (nSPS) is 14.6. The highest BCUT2D eigenvalue weighted by Crippen LogP contribution is 2.20. The topological polar surface area (TPSA) is 274 Å². The Balaban J connectivity index is 1.48. The van der Waals surface area contributed by atoms with E-state index in [0.29, 0.717) is 5.56 Å². The molecule has 4 rings (SSSR count). The molecule has 1 aromatic heterocycles. The number of aliphatic hydroxyl groups excluding tert-OH is 1. The first kappa shape index (κ1) is 52.0. The van der Waals surface area contributed by atoms with Gasteiger partial charge in [0.25, 0.3) is 5.91 Å². The van der Waals surface area contributed by atoms with Crippen LogP contribution in [-0.4, -0.2) is 106 Å². The van der Waals surface area contributed by atoms with Crippen LogP contribution in [0.1, 0.15) is 71.1 Å². The summed E-state index contributed by atoms with van der Waals surface area (Å²) in [4.78, 5) is 97.1. The van der Waals surface area contributed by atoms with Crippen LogP contribution < -0.4 is 37.6 Å². The van der Waals surface area contributed by atoms with Crippen LogP contribution in [0.15, 0.2) is 91.1 Å². The minimum absolute atomic E-state index is 0.00732. The van der Waals surface area contributed by atoms with Crippen molar-refractivity contribution in [2.45, 2.75) is 116 Å². The fourth-order valence-electron chi connectivity index (χ4n) is 7.43. The largest absolute Gasteiger partial charge is 0.480 e. The summed E-state index contributed by atoms with van der Waals surface area (Å²) in [7, 11) is 0. The third-order valence-electron chi connectivity index (χ3n) is 11.0. The van der Waals surface area contributed by atoms with Gasteiger partial charge >= 0.3 is 5.97 Å². The van der Waals surface area contributed by atoms with Crippen molar-refractivity contribution in [2.75, 3.05) is 6.54 Å². The van der Waals surface area contributed by atoms with Gasteiger partial charge < -0.3 is 52.8 Å². The summed E-state index contributed by atoms with van der Waals surface area (Å²) in [5, 5.41) is 37.3. The molecule has 11 N–H and O–H groups in total. The average Bonchev–Trinajstić information content (AvgIpc) is 3.68. The molecule has 0 spiro atoms. The minimum Gasteiger partial charge on any atom is -0.480 e. The van der Waals surface area contributed by atoms with Crippen LogP contribution in [0, 0.1) is 17.8 Å². The van der Waals surface area contributed by atoms with Crippen LogP contribution in [0.25, 0.3) is 10.9 Å². The quantitative estimate of drug-likeness (QED) is 0.0463. The number of para-hydroxylation sites is 1. The van der Waals surface area contributed by atoms with Crippen LogP contribution in [-0.2, 0) is 52.8 Å². The van der Waals surface area contributed by atoms with Gasteiger partial charge in [0, 0.05) is 29.9 Å². The number of nitrogens with two attached hydrogens (primary N) is 1. The maximum absolute atomic E-state index is 14.3. The summed E-state index contributed by atoms with van der Waals surface area (Å²) < 4.78 is 0. The first-order valence-electron chi connectivity index (χ1n) is 22.4. The zero-order valence-corrected chi connectivity index (χ0v) is 38.5. The number of carbonyl (C=O) groups excluding carboxylic acids is 6. The van der Waals surface area contributed by atoms with Crippen molar-refractivity contribution in [1.82, 2.24) is 36.9 Å². The van der Waals surface area contributed by atoms with E-state index in [1.54, 1.807) is 50.4 Å². The number of benzene rings is 3. The molecule has 0 fully saturated rings. The summed E-state index contributed by atoms with van der Waals surface area (Å²) >= 11 is 0. The van der Waals surface area contributed by atoms with Crippen LogP contribution in [0.2, 0.25) is 0 Å². The zero-order chi connectivity index (χ0) is 48.5. The van der Waals surface area contributed by atoms with Gasteiger partial charge in [0.05, 0.1) is 12.6 Å². The molecule has 17 nitrogen and oxygen atoms in total. The lowest BCUT2D eigenvalue weighted by atomic mass is 9.98. The van der Waals surface area contributed by atoms with Gasteiger partial charge in [0.2, 0.25) is 29.5 Å². The van der Waals surface area contributed by atoms with E-state index in [2.05, 4.69) is 36.9 Å². The van der Waals surface area contributed by atoms with Gasteiger partial charge in [-0.25, -0.2) is 4.79 Å². The van der Waals surface area contributed by atoms with Crippen LogP contribution in [0.5, 0.6) is 0 Å². The molecule has 3 aromatic carbocycles. The number of nitrogens with one attached hydrogen (secondary N) is 7. The fraction of sp³-hybridized carbons (Fsp3) is 0.449. The third kappa shape index (κ3) is 16.1. The smallest absolute Gasteiger partial charge is 0.326 e. The first-order valence-corrected chi connectivity index (χ1v) is 22.4. The Morgan fingerprint density at radius 2 is 1.06 bits per heavy atom. The molecule has 0 bridgehead atoms. The van der Waals surface area contributed by atoms with Gasteiger partial charge in [-0.1, -0.05) is 120 Å². The molecule has 1 unspecified atom stereocenters. The molecule has 1 heterocycles. The number of fused-ring (bicyclic) bond motifs is 1. The summed E-state index contributed by atoms with van der Waals surface area (Å²) in [5.74, 6) is -6.23. The monoisotopic (exact) mass is 910 g/mol. The highest BCUT2D eigenvalue weighted by molar-refractivity contribution is 5.96. The third-order valence-corrected chi connectivity index (χ3v) is 11.0. The molecule has 6 amide bonds. The van der Waals surface area contributed by atoms with Crippen molar-refractivity contribution in [1.29, 1.82) is 0 Å². The number of carboxylic acids is 1. The Morgan fingerprint density at radius 3 is 1.65 bits per heavy atom. The number of rotatable bonds is 25. The molecule has 66 heavy (non-hydrogen) atoms. The number of amides is 6. The van der Waals surface area contributed by atoms with Gasteiger partial charge in [-0.2, -0.15) is 0 Å². The second kappa shape index (κ2) is 25.2. The minimum atomic E-state index is -1.85. The molecule has 17 heteroatoms. The SMILES string of the molecule is CC(C)C[C@H](NC(=O)[C@H](CC(C)C)NC(=O)[C@@H](NC(=O)C(O)CNC(=O)[C@H](Cc1ccccc1)NC(=O)[C@H](Cc1c[nH]c2ccccc12)NC(=O)[C@@H](N)Cc1ccccc1)C(C)C)C(=O)O. The first-order chi connectivity index (χ1) is 31.3. The van der Waals surface area contributed by atoms with Gasteiger partial charge in [0.15, 0.2) is 0 Å². The molecular weight excluding hydrogens is 845 g/mol. The van der Waals surface area contributed by atoms with E-state index in [0.717, 1.165) is 22.0 Å². The zero-order valence-electron chi connectivity index (χ0n) is 38.5. The second-order valence-corrected chi connectivity index (χ2v) is 17.9. The van der Waals surface area contributed by atoms with E-state index < -0.39 is 96.2 Å². The van der Waals surface area contributed by atoms with Crippen molar-refractivity contribution >= 4 is 52.3 Å². The molecule has 356 valence electrons. The number of carbonyl (C=O) groups is 7. The number of carboxylic acid groups (broad SMARTS) is 1. The Morgan fingerprint density at radius 1 is 0.561 bits per heavy atom. The van der Waals surface area contributed by atoms with Crippen LogP contribution in [0.4, 0.5) is 0 Å². The average molecular weight is 911 g/mol. The number of aliphatic hydroxyl groups is 1. The predicted octanol–water partition coefficient (Wildman–Crippen LogP) is 2.26. The van der Waals surface area contributed by atoms with Crippen LogP contribution >= 0.6 is 0 Å². The lowest BCUT2D eigenvalue weighted by molar-refractivity contribution is -0.143. The highest BCUT2D eigenvalue weighted by atomic mass is 16.4. The molecule has 4 aromatic rings. The van der Waals surface area contributed by atoms with Crippen LogP contribution in [0.3, 0.4) is 0 Å². The number of aromatic amines is 1. The van der Waals surface area contributed by atoms with Gasteiger partial charge in [-0.15, -0.1) is 0 Å². The van der Waals surface area contributed by atoms with Gasteiger partial charge in [-0.3, -0.25) is 28.8 Å². The predicted molar refractivity (Wildman–Crippen MR) is 250 cm³/mol. The maximum Gasteiger partial charge on any atom is 0.326 e. The molecule has 0 aliphatic rings. The summed E-state index contributed by atoms with van der Waals surface area (Å²) in [6.45, 7) is 10.0. The number of H-pyrrole nitrogens is 1. The maximum atomic E-state index is 14.3. The van der Waals surface area contributed by atoms with Gasteiger partial charge in [0.1, 0.15) is 36.3 Å². The van der Waals surface area contributed by atoms with E-state index in [9.17, 15) is 43.8 Å². The lowest BCUT2D eigenvalue weighted by Crippen LogP contribution is -2.59. The standard InChI is InChI=1S/C49H66N8O9/c1-28(2)21-37(45(61)56-40(49(65)66)22-29(3)4)55-48(64)42(30(5)6)57-47(63)41(58)27-52-44(60)38(24-32-17-11-8-12-18-32)54-46(62)39(25-33-26-51-36-20-14-13-19-34(33)36)53-43(59)35(50)23-31-15-9-7-10-16-31/h7-20,26,28-30,35,37-42,51,58H,21-25,27,50H2,1-6H3,(H,52,60)(H,53,59)(H,54,62)(H,55,64)(H,56,61)(H,57,63)(H,65,66)/t35-,37-,38-,39-,40-,41?,42-/m0/s1. The molecular formula is C49H66N8O9. The molecule has 7 atom stereocenters. The summed E-state index contributed by atoms with van der Waals surface area (Å²) in [5.41, 5.74) is 9.42. The van der Waals surface area contributed by atoms with E-state index in [1.807, 2.05) is 82.3 Å². The molecule has 0 aliphatic heterocycles. The Labute approximate surface area is 385 Å². The summed E-state index contributed by atoms with van der Waals surface area (Å²) in [6, 6.07) is 18.7. The number of aromatic nitrogens is 1. The number of hydrogen-bond donors (Lipinski definition) is 10.